The number of ether oxygens (including phenoxy) is 1. The predicted octanol–water partition coefficient (Wildman–Crippen LogP) is 1.93. The molecule has 0 radical (unpaired) electrons. The third kappa shape index (κ3) is 1.62. The first kappa shape index (κ1) is 9.47. The van der Waals surface area contributed by atoms with E-state index in [-0.39, 0.29) is 5.41 Å². The van der Waals surface area contributed by atoms with Crippen LogP contribution in [0.15, 0.2) is 0 Å². The van der Waals surface area contributed by atoms with Crippen LogP contribution in [0.2, 0.25) is 0 Å². The van der Waals surface area contributed by atoms with Crippen LogP contribution < -0.4 is 5.73 Å². The summed E-state index contributed by atoms with van der Waals surface area (Å²) in [6, 6.07) is 0.363. The molecule has 0 aromatic carbocycles. The number of hydrogen-bond donors (Lipinski definition) is 1. The second kappa shape index (κ2) is 3.25. The second-order valence-corrected chi connectivity index (χ2v) is 4.97. The van der Waals surface area contributed by atoms with E-state index >= 15 is 0 Å². The Labute approximate surface area is 80.8 Å². The summed E-state index contributed by atoms with van der Waals surface area (Å²) in [4.78, 5) is 0. The highest BCUT2D eigenvalue weighted by atomic mass is 16.5. The molecule has 2 nitrogen and oxygen atoms in total. The van der Waals surface area contributed by atoms with Gasteiger partial charge in [0.15, 0.2) is 0 Å². The van der Waals surface area contributed by atoms with Gasteiger partial charge in [-0.2, -0.15) is 0 Å². The molecule has 0 aromatic rings. The van der Waals surface area contributed by atoms with Gasteiger partial charge in [0, 0.05) is 18.1 Å². The monoisotopic (exact) mass is 183 g/mol. The molecule has 0 bridgehead atoms. The molecule has 2 N–H and O–H groups in total. The van der Waals surface area contributed by atoms with Crippen LogP contribution in [0.25, 0.3) is 0 Å². The maximum Gasteiger partial charge on any atom is 0.0658 e. The quantitative estimate of drug-likeness (QED) is 0.722. The van der Waals surface area contributed by atoms with Crippen LogP contribution in [0.3, 0.4) is 0 Å². The lowest BCUT2D eigenvalue weighted by molar-refractivity contribution is -0.121. The van der Waals surface area contributed by atoms with Crippen LogP contribution in [-0.4, -0.2) is 18.8 Å². The Morgan fingerprint density at radius 2 is 2.15 bits per heavy atom. The molecule has 0 aromatic heterocycles. The molecule has 0 saturated heterocycles. The van der Waals surface area contributed by atoms with Gasteiger partial charge >= 0.3 is 0 Å². The van der Waals surface area contributed by atoms with E-state index in [1.54, 1.807) is 0 Å². The van der Waals surface area contributed by atoms with Crippen LogP contribution in [0, 0.1) is 11.3 Å². The van der Waals surface area contributed by atoms with Gasteiger partial charge in [-0.05, 0) is 31.6 Å². The van der Waals surface area contributed by atoms with Crippen molar-refractivity contribution in [2.75, 3.05) is 6.61 Å². The molecule has 2 heteroatoms. The molecule has 0 spiro atoms. The predicted molar refractivity (Wildman–Crippen MR) is 53.5 cm³/mol. The van der Waals surface area contributed by atoms with Gasteiger partial charge in [-0.15, -0.1) is 0 Å². The van der Waals surface area contributed by atoms with Gasteiger partial charge in [-0.1, -0.05) is 13.8 Å². The van der Waals surface area contributed by atoms with Crippen LogP contribution >= 0.6 is 0 Å². The summed E-state index contributed by atoms with van der Waals surface area (Å²) in [6.45, 7) is 5.46. The van der Waals surface area contributed by atoms with E-state index in [0.29, 0.717) is 12.1 Å². The summed E-state index contributed by atoms with van der Waals surface area (Å²) >= 11 is 0. The first-order valence-corrected chi connectivity index (χ1v) is 5.54. The fraction of sp³-hybridized carbons (Fsp3) is 1.00. The van der Waals surface area contributed by atoms with Gasteiger partial charge in [-0.3, -0.25) is 0 Å². The Hall–Kier alpha value is -0.0800. The van der Waals surface area contributed by atoms with Gasteiger partial charge in [0.1, 0.15) is 0 Å². The highest BCUT2D eigenvalue weighted by molar-refractivity contribution is 5.03. The third-order valence-corrected chi connectivity index (χ3v) is 4.04. The molecule has 0 heterocycles. The van der Waals surface area contributed by atoms with Crippen LogP contribution in [-0.2, 0) is 4.74 Å². The van der Waals surface area contributed by atoms with Crippen molar-refractivity contribution in [2.45, 2.75) is 51.7 Å². The van der Waals surface area contributed by atoms with Crippen molar-refractivity contribution in [2.24, 2.45) is 17.1 Å². The van der Waals surface area contributed by atoms with Crippen LogP contribution in [0.4, 0.5) is 0 Å². The highest BCUT2D eigenvalue weighted by Crippen LogP contribution is 2.45. The molecule has 2 rings (SSSR count). The van der Waals surface area contributed by atoms with E-state index in [9.17, 15) is 0 Å². The Morgan fingerprint density at radius 1 is 1.46 bits per heavy atom. The summed E-state index contributed by atoms with van der Waals surface area (Å²) in [7, 11) is 0. The molecule has 3 atom stereocenters. The Bertz CT molecular complexity index is 191. The Kier molecular flexibility index (Phi) is 2.37. The standard InChI is InChI=1S/C11H21NO/c1-3-11(2)9(12)6-10(11)13-7-8-4-5-8/h8-10H,3-7,12H2,1-2H3. The summed E-state index contributed by atoms with van der Waals surface area (Å²) in [5, 5.41) is 0. The normalized spacial score (nSPS) is 44.5. The van der Waals surface area contributed by atoms with E-state index in [1.807, 2.05) is 0 Å². The minimum atomic E-state index is 0.259. The van der Waals surface area contributed by atoms with E-state index in [2.05, 4.69) is 13.8 Å². The summed E-state index contributed by atoms with van der Waals surface area (Å²) < 4.78 is 5.90. The first-order chi connectivity index (χ1) is 6.16. The maximum atomic E-state index is 6.00. The van der Waals surface area contributed by atoms with Crippen molar-refractivity contribution in [3.63, 3.8) is 0 Å². The number of hydrogen-bond acceptors (Lipinski definition) is 2. The molecule has 2 saturated carbocycles. The van der Waals surface area contributed by atoms with E-state index < -0.39 is 0 Å². The second-order valence-electron chi connectivity index (χ2n) is 4.97. The molecule has 13 heavy (non-hydrogen) atoms. The van der Waals surface area contributed by atoms with Gasteiger partial charge < -0.3 is 10.5 Å². The lowest BCUT2D eigenvalue weighted by Gasteiger charge is -2.51. The van der Waals surface area contributed by atoms with E-state index in [1.165, 1.54) is 12.8 Å². The molecular weight excluding hydrogens is 162 g/mol. The lowest BCUT2D eigenvalue weighted by Crippen LogP contribution is -2.60. The minimum Gasteiger partial charge on any atom is -0.377 e. The molecule has 3 unspecified atom stereocenters. The lowest BCUT2D eigenvalue weighted by atomic mass is 9.62. The van der Waals surface area contributed by atoms with Crippen LogP contribution in [0.1, 0.15) is 39.5 Å². The average molecular weight is 183 g/mol. The molecular formula is C11H21NO. The molecule has 0 amide bonds. The molecule has 0 aliphatic heterocycles. The third-order valence-electron chi connectivity index (χ3n) is 4.04. The summed E-state index contributed by atoms with van der Waals surface area (Å²) in [5.74, 6) is 0.873. The van der Waals surface area contributed by atoms with E-state index in [4.69, 9.17) is 10.5 Å². The largest absolute Gasteiger partial charge is 0.377 e. The number of rotatable bonds is 4. The zero-order valence-electron chi connectivity index (χ0n) is 8.75. The summed E-state index contributed by atoms with van der Waals surface area (Å²) in [6.07, 6.45) is 5.40. The highest BCUT2D eigenvalue weighted by Gasteiger charge is 2.49. The van der Waals surface area contributed by atoms with Crippen molar-refractivity contribution in [3.05, 3.63) is 0 Å². The zero-order chi connectivity index (χ0) is 9.47. The van der Waals surface area contributed by atoms with Gasteiger partial charge in [-0.25, -0.2) is 0 Å². The first-order valence-electron chi connectivity index (χ1n) is 5.54. The van der Waals surface area contributed by atoms with Crippen LogP contribution in [0.5, 0.6) is 0 Å². The van der Waals surface area contributed by atoms with Crippen molar-refractivity contribution in [3.8, 4) is 0 Å². The van der Waals surface area contributed by atoms with Crippen molar-refractivity contribution in [1.29, 1.82) is 0 Å². The Balaban J connectivity index is 1.79. The molecule has 2 aliphatic carbocycles. The van der Waals surface area contributed by atoms with Gasteiger partial charge in [0.25, 0.3) is 0 Å². The van der Waals surface area contributed by atoms with Gasteiger partial charge in [0.05, 0.1) is 6.10 Å². The SMILES string of the molecule is CCC1(C)C(N)CC1OCC1CC1. The Morgan fingerprint density at radius 3 is 2.62 bits per heavy atom. The summed E-state index contributed by atoms with van der Waals surface area (Å²) in [5.41, 5.74) is 6.26. The van der Waals surface area contributed by atoms with Crippen molar-refractivity contribution >= 4 is 0 Å². The zero-order valence-corrected chi connectivity index (χ0v) is 8.75. The smallest absolute Gasteiger partial charge is 0.0658 e. The van der Waals surface area contributed by atoms with Crippen molar-refractivity contribution < 1.29 is 4.74 Å². The maximum absolute atomic E-state index is 6.00. The fourth-order valence-corrected chi connectivity index (χ4v) is 2.13. The van der Waals surface area contributed by atoms with Gasteiger partial charge in [0.2, 0.25) is 0 Å². The average Bonchev–Trinajstić information content (AvgIpc) is 2.94. The molecule has 2 aliphatic rings. The molecule has 76 valence electrons. The number of nitrogens with two attached hydrogens (primary N) is 1. The minimum absolute atomic E-state index is 0.259. The topological polar surface area (TPSA) is 35.2 Å². The molecule has 2 fully saturated rings. The fourth-order valence-electron chi connectivity index (χ4n) is 2.13. The van der Waals surface area contributed by atoms with Crippen molar-refractivity contribution in [1.82, 2.24) is 0 Å². The van der Waals surface area contributed by atoms with E-state index in [0.717, 1.165) is 25.4 Å².